The van der Waals surface area contributed by atoms with Gasteiger partial charge >= 0.3 is 0 Å². The van der Waals surface area contributed by atoms with Crippen LogP contribution in [0.1, 0.15) is 41.6 Å². The van der Waals surface area contributed by atoms with Crippen LogP contribution < -0.4 is 10.1 Å². The molecule has 154 valence electrons. The van der Waals surface area contributed by atoms with Gasteiger partial charge in [0, 0.05) is 28.8 Å². The summed E-state index contributed by atoms with van der Waals surface area (Å²) in [6, 6.07) is 10.8. The number of halogens is 2. The molecular weight excluding hydrogens is 500 g/mol. The van der Waals surface area contributed by atoms with Crippen LogP contribution in [-0.4, -0.2) is 36.4 Å². The number of carbonyl (C=O) groups is 2. The predicted octanol–water partition coefficient (Wildman–Crippen LogP) is 5.55. The summed E-state index contributed by atoms with van der Waals surface area (Å²) in [6.07, 6.45) is 4.50. The Bertz CT molecular complexity index is 853. The van der Waals surface area contributed by atoms with Gasteiger partial charge in [-0.05, 0) is 77.7 Å². The Kier molecular flexibility index (Phi) is 7.72. The molecule has 1 fully saturated rings. The van der Waals surface area contributed by atoms with Crippen LogP contribution in [0.25, 0.3) is 0 Å². The van der Waals surface area contributed by atoms with Gasteiger partial charge in [-0.15, -0.1) is 0 Å². The molecule has 2 aromatic carbocycles. The lowest BCUT2D eigenvalue weighted by Gasteiger charge is -2.20. The van der Waals surface area contributed by atoms with Gasteiger partial charge in [0.2, 0.25) is 0 Å². The average Bonchev–Trinajstić information content (AvgIpc) is 2.96. The van der Waals surface area contributed by atoms with Crippen molar-refractivity contribution in [1.29, 1.82) is 0 Å². The number of carbonyl (C=O) groups excluding carboxylic acids is 2. The average molecular weight is 524 g/mol. The van der Waals surface area contributed by atoms with Crippen LogP contribution in [0.5, 0.6) is 5.75 Å². The number of aryl methyl sites for hydroxylation is 1. The number of rotatable bonds is 5. The summed E-state index contributed by atoms with van der Waals surface area (Å²) < 4.78 is 7.39. The number of hydrogen-bond acceptors (Lipinski definition) is 3. The first kappa shape index (κ1) is 21.8. The minimum absolute atomic E-state index is 0.0590. The van der Waals surface area contributed by atoms with Crippen LogP contribution in [0.3, 0.4) is 0 Å². The van der Waals surface area contributed by atoms with E-state index in [0.29, 0.717) is 17.0 Å². The zero-order valence-electron chi connectivity index (χ0n) is 16.3. The fraction of sp³-hybridized carbons (Fsp3) is 0.364. The van der Waals surface area contributed by atoms with E-state index in [1.54, 1.807) is 24.3 Å². The third-order valence-corrected chi connectivity index (χ3v) is 5.90. The second-order valence-electron chi connectivity index (χ2n) is 7.15. The number of nitrogens with zero attached hydrogens (tertiary/aromatic N) is 1. The molecule has 3 rings (SSSR count). The maximum atomic E-state index is 12.6. The summed E-state index contributed by atoms with van der Waals surface area (Å²) in [5, 5.41) is 2.80. The van der Waals surface area contributed by atoms with E-state index >= 15 is 0 Å². The molecule has 0 atom stereocenters. The minimum atomic E-state index is -0.259. The number of hydrogen-bond donors (Lipinski definition) is 1. The summed E-state index contributed by atoms with van der Waals surface area (Å²) in [5.41, 5.74) is 2.21. The minimum Gasteiger partial charge on any atom is -0.482 e. The van der Waals surface area contributed by atoms with Crippen LogP contribution in [0.15, 0.2) is 45.3 Å². The summed E-state index contributed by atoms with van der Waals surface area (Å²) >= 11 is 6.88. The van der Waals surface area contributed by atoms with Crippen molar-refractivity contribution in [1.82, 2.24) is 4.90 Å². The molecule has 29 heavy (non-hydrogen) atoms. The molecule has 7 heteroatoms. The highest BCUT2D eigenvalue weighted by atomic mass is 79.9. The molecule has 0 aliphatic carbocycles. The van der Waals surface area contributed by atoms with Crippen LogP contribution in [-0.2, 0) is 4.79 Å². The van der Waals surface area contributed by atoms with Crippen molar-refractivity contribution >= 4 is 49.4 Å². The first-order chi connectivity index (χ1) is 13.9. The van der Waals surface area contributed by atoms with Crippen molar-refractivity contribution in [3.05, 3.63) is 56.5 Å². The van der Waals surface area contributed by atoms with E-state index in [4.69, 9.17) is 4.74 Å². The van der Waals surface area contributed by atoms with Gasteiger partial charge in [0.1, 0.15) is 5.75 Å². The first-order valence-electron chi connectivity index (χ1n) is 9.71. The summed E-state index contributed by atoms with van der Waals surface area (Å²) in [5.74, 6) is 0.441. The first-order valence-corrected chi connectivity index (χ1v) is 11.3. The highest BCUT2D eigenvalue weighted by molar-refractivity contribution is 9.11. The maximum absolute atomic E-state index is 12.6. The van der Waals surface area contributed by atoms with Gasteiger partial charge < -0.3 is 15.0 Å². The molecule has 1 aliphatic rings. The summed E-state index contributed by atoms with van der Waals surface area (Å²) in [7, 11) is 0. The maximum Gasteiger partial charge on any atom is 0.262 e. The third-order valence-electron chi connectivity index (χ3n) is 4.85. The number of likely N-dealkylation sites (tertiary alicyclic amines) is 1. The van der Waals surface area contributed by atoms with Gasteiger partial charge in [-0.25, -0.2) is 0 Å². The fourth-order valence-electron chi connectivity index (χ4n) is 3.36. The smallest absolute Gasteiger partial charge is 0.262 e. The lowest BCUT2D eigenvalue weighted by Crippen LogP contribution is -2.31. The molecule has 1 aliphatic heterocycles. The zero-order chi connectivity index (χ0) is 20.8. The van der Waals surface area contributed by atoms with E-state index in [-0.39, 0.29) is 18.4 Å². The molecule has 2 amide bonds. The van der Waals surface area contributed by atoms with E-state index in [1.165, 1.54) is 12.8 Å². The highest BCUT2D eigenvalue weighted by Gasteiger charge is 2.17. The van der Waals surface area contributed by atoms with Crippen molar-refractivity contribution in [2.75, 3.05) is 25.0 Å². The van der Waals surface area contributed by atoms with Gasteiger partial charge in [-0.3, -0.25) is 9.59 Å². The number of nitrogens with one attached hydrogen (secondary N) is 1. The monoisotopic (exact) mass is 522 g/mol. The van der Waals surface area contributed by atoms with Crippen LogP contribution >= 0.6 is 31.9 Å². The van der Waals surface area contributed by atoms with Gasteiger partial charge in [0.15, 0.2) is 6.61 Å². The Hall–Kier alpha value is -1.86. The number of anilines is 1. The third kappa shape index (κ3) is 6.06. The molecule has 0 spiro atoms. The van der Waals surface area contributed by atoms with E-state index in [0.717, 1.165) is 40.4 Å². The van der Waals surface area contributed by atoms with Gasteiger partial charge in [-0.1, -0.05) is 28.8 Å². The Balaban J connectivity index is 1.55. The quantitative estimate of drug-likeness (QED) is 0.558. The molecule has 0 bridgehead atoms. The van der Waals surface area contributed by atoms with Crippen LogP contribution in [0, 0.1) is 6.92 Å². The predicted molar refractivity (Wildman–Crippen MR) is 122 cm³/mol. The Morgan fingerprint density at radius 2 is 1.69 bits per heavy atom. The normalized spacial score (nSPS) is 14.2. The van der Waals surface area contributed by atoms with Crippen LogP contribution in [0.2, 0.25) is 0 Å². The summed E-state index contributed by atoms with van der Waals surface area (Å²) in [4.78, 5) is 26.8. The summed E-state index contributed by atoms with van der Waals surface area (Å²) in [6.45, 7) is 3.46. The highest BCUT2D eigenvalue weighted by Crippen LogP contribution is 2.32. The molecule has 1 N–H and O–H groups in total. The molecule has 1 saturated heterocycles. The Morgan fingerprint density at radius 1 is 1.03 bits per heavy atom. The van der Waals surface area contributed by atoms with Crippen molar-refractivity contribution in [3.8, 4) is 5.75 Å². The molecule has 5 nitrogen and oxygen atoms in total. The molecule has 2 aromatic rings. The SMILES string of the molecule is Cc1cc(Br)cc(Br)c1OCC(=O)Nc1ccc(C(=O)N2CCCCCC2)cc1. The number of amides is 2. The largest absolute Gasteiger partial charge is 0.482 e. The van der Waals surface area contributed by atoms with Crippen molar-refractivity contribution in [2.24, 2.45) is 0 Å². The van der Waals surface area contributed by atoms with Crippen molar-refractivity contribution < 1.29 is 14.3 Å². The standard InChI is InChI=1S/C22H24Br2N2O3/c1-15-12-17(23)13-19(24)21(15)29-14-20(27)25-18-8-6-16(7-9-18)22(28)26-10-4-2-3-5-11-26/h6-9,12-13H,2-5,10-11,14H2,1H3,(H,25,27). The van der Waals surface area contributed by atoms with Crippen molar-refractivity contribution in [3.63, 3.8) is 0 Å². The van der Waals surface area contributed by atoms with Gasteiger partial charge in [0.25, 0.3) is 11.8 Å². The molecule has 0 aromatic heterocycles. The van der Waals surface area contributed by atoms with E-state index in [2.05, 4.69) is 37.2 Å². The molecule has 0 saturated carbocycles. The number of benzene rings is 2. The molecule has 0 unspecified atom stereocenters. The van der Waals surface area contributed by atoms with Gasteiger partial charge in [-0.2, -0.15) is 0 Å². The van der Waals surface area contributed by atoms with E-state index < -0.39 is 0 Å². The number of ether oxygens (including phenoxy) is 1. The fourth-order valence-corrected chi connectivity index (χ4v) is 4.91. The van der Waals surface area contributed by atoms with E-state index in [1.807, 2.05) is 24.0 Å². The second kappa shape index (κ2) is 10.3. The van der Waals surface area contributed by atoms with Crippen molar-refractivity contribution in [2.45, 2.75) is 32.6 Å². The molecular formula is C22H24Br2N2O3. The second-order valence-corrected chi connectivity index (χ2v) is 8.92. The van der Waals surface area contributed by atoms with E-state index in [9.17, 15) is 9.59 Å². The lowest BCUT2D eigenvalue weighted by atomic mass is 10.1. The Morgan fingerprint density at radius 3 is 2.31 bits per heavy atom. The zero-order valence-corrected chi connectivity index (χ0v) is 19.5. The molecule has 1 heterocycles. The topological polar surface area (TPSA) is 58.6 Å². The van der Waals surface area contributed by atoms with Crippen LogP contribution in [0.4, 0.5) is 5.69 Å². The van der Waals surface area contributed by atoms with Gasteiger partial charge in [0.05, 0.1) is 4.47 Å². The Labute approximate surface area is 188 Å². The molecule has 0 radical (unpaired) electrons. The lowest BCUT2D eigenvalue weighted by molar-refractivity contribution is -0.118.